The molecule has 7 nitrogen and oxygen atoms in total. The van der Waals surface area contributed by atoms with E-state index in [1.165, 1.54) is 23.1 Å². The number of phenolic OH excluding ortho intramolecular Hbond substituents is 1. The number of hydrogen-bond acceptors (Lipinski definition) is 5. The highest BCUT2D eigenvalue weighted by Gasteiger charge is 2.67. The Morgan fingerprint density at radius 3 is 2.33 bits per heavy atom. The normalized spacial score (nSPS) is 29.9. The fraction of sp³-hybridized carbons (Fsp3) is 0.273. The second-order valence-electron chi connectivity index (χ2n) is 11.8. The largest absolute Gasteiger partial charge is 0.508 e. The van der Waals surface area contributed by atoms with E-state index in [1.807, 2.05) is 18.2 Å². The van der Waals surface area contributed by atoms with Crippen molar-refractivity contribution in [2.24, 2.45) is 29.1 Å². The van der Waals surface area contributed by atoms with Crippen LogP contribution in [0, 0.1) is 38.5 Å². The summed E-state index contributed by atoms with van der Waals surface area (Å²) in [6, 6.07) is 17.5. The summed E-state index contributed by atoms with van der Waals surface area (Å²) in [6.07, 6.45) is 2.46. The molecule has 3 aromatic carbocycles. The van der Waals surface area contributed by atoms with Crippen LogP contribution in [-0.2, 0) is 19.2 Å². The van der Waals surface area contributed by atoms with Crippen LogP contribution in [-0.4, -0.2) is 28.7 Å². The van der Waals surface area contributed by atoms with Gasteiger partial charge < -0.3 is 5.11 Å². The van der Waals surface area contributed by atoms with Crippen LogP contribution in [0.2, 0.25) is 5.02 Å². The fourth-order valence-corrected chi connectivity index (χ4v) is 8.35. The van der Waals surface area contributed by atoms with Crippen molar-refractivity contribution in [2.45, 2.75) is 25.7 Å². The maximum Gasteiger partial charge on any atom is 0.241 e. The number of anilines is 2. The van der Waals surface area contributed by atoms with Crippen molar-refractivity contribution in [3.8, 4) is 5.75 Å². The van der Waals surface area contributed by atoms with Crippen LogP contribution in [0.4, 0.5) is 15.8 Å². The molecule has 0 aromatic heterocycles. The van der Waals surface area contributed by atoms with Crippen LogP contribution in [0.25, 0.3) is 0 Å². The Hall–Kier alpha value is -3.57. The Balaban J connectivity index is 1.36. The predicted molar refractivity (Wildman–Crippen MR) is 166 cm³/mol. The first-order chi connectivity index (χ1) is 20.5. The zero-order chi connectivity index (χ0) is 30.4. The summed E-state index contributed by atoms with van der Waals surface area (Å²) in [5.41, 5.74) is 0.841. The van der Waals surface area contributed by atoms with Gasteiger partial charge in [0.15, 0.2) is 0 Å². The SMILES string of the molecule is CC12C(=O)N(c3ccc(F)c(Cl)c3)C(=O)C1CC1C(=CCC3C(=O)N(c4ccc(I)cc4)C(=O)C31)C2c1cccc(O)c1. The molecule has 6 atom stereocenters. The topological polar surface area (TPSA) is 95.0 Å². The monoisotopic (exact) mass is 710 g/mol. The van der Waals surface area contributed by atoms with Crippen molar-refractivity contribution in [1.82, 2.24) is 0 Å². The number of rotatable bonds is 3. The third kappa shape index (κ3) is 4.03. The van der Waals surface area contributed by atoms with E-state index in [2.05, 4.69) is 22.6 Å². The molecule has 0 spiro atoms. The minimum absolute atomic E-state index is 0.00464. The number of benzene rings is 3. The molecule has 4 amide bonds. The van der Waals surface area contributed by atoms with Gasteiger partial charge in [-0.05, 0) is 108 Å². The second kappa shape index (κ2) is 9.99. The van der Waals surface area contributed by atoms with Crippen LogP contribution < -0.4 is 9.80 Å². The van der Waals surface area contributed by atoms with E-state index in [-0.39, 0.29) is 34.7 Å². The van der Waals surface area contributed by atoms with E-state index >= 15 is 0 Å². The number of hydrogen-bond donors (Lipinski definition) is 1. The standard InChI is InChI=1S/C33H25ClFIN2O5/c1-33-24(30(41)38(32(33)43)19-9-12-26(35)25(34)14-19)15-23-21(28(33)16-3-2-4-20(39)13-16)10-11-22-27(23)31(42)37(29(22)40)18-7-5-17(36)6-8-18/h2-10,12-14,22-24,27-28,39H,11,15H2,1H3. The number of amides is 4. The lowest BCUT2D eigenvalue weighted by Gasteiger charge is -2.49. The Morgan fingerprint density at radius 1 is 0.907 bits per heavy atom. The first-order valence-corrected chi connectivity index (χ1v) is 15.4. The molecule has 2 aliphatic carbocycles. The Labute approximate surface area is 265 Å². The molecular formula is C33H25ClFIN2O5. The third-order valence-electron chi connectivity index (χ3n) is 9.72. The molecule has 3 aromatic rings. The Kier molecular flexibility index (Phi) is 6.55. The fourth-order valence-electron chi connectivity index (χ4n) is 7.81. The summed E-state index contributed by atoms with van der Waals surface area (Å²) in [6.45, 7) is 1.75. The van der Waals surface area contributed by atoms with Crippen LogP contribution in [0.1, 0.15) is 31.2 Å². The summed E-state index contributed by atoms with van der Waals surface area (Å²) in [7, 11) is 0. The zero-order valence-corrected chi connectivity index (χ0v) is 25.8. The molecule has 2 heterocycles. The third-order valence-corrected chi connectivity index (χ3v) is 10.7. The zero-order valence-electron chi connectivity index (χ0n) is 22.8. The van der Waals surface area contributed by atoms with Crippen LogP contribution in [0.3, 0.4) is 0 Å². The number of aromatic hydroxyl groups is 1. The number of carbonyl (C=O) groups is 4. The average molecular weight is 711 g/mol. The number of nitrogens with zero attached hydrogens (tertiary/aromatic N) is 2. The lowest BCUT2D eigenvalue weighted by Crippen LogP contribution is -2.48. The van der Waals surface area contributed by atoms with Gasteiger partial charge in [-0.15, -0.1) is 0 Å². The molecular weight excluding hydrogens is 686 g/mol. The van der Waals surface area contributed by atoms with Gasteiger partial charge in [-0.2, -0.15) is 0 Å². The highest BCUT2D eigenvalue weighted by molar-refractivity contribution is 14.1. The first-order valence-electron chi connectivity index (χ1n) is 14.0. The molecule has 2 aliphatic heterocycles. The average Bonchev–Trinajstić information content (AvgIpc) is 3.34. The molecule has 1 saturated carbocycles. The highest BCUT2D eigenvalue weighted by atomic mass is 127. The van der Waals surface area contributed by atoms with Crippen molar-refractivity contribution in [2.75, 3.05) is 9.80 Å². The second-order valence-corrected chi connectivity index (χ2v) is 13.5. The van der Waals surface area contributed by atoms with Crippen molar-refractivity contribution in [3.63, 3.8) is 0 Å². The van der Waals surface area contributed by atoms with E-state index in [0.717, 1.165) is 20.1 Å². The molecule has 10 heteroatoms. The van der Waals surface area contributed by atoms with Gasteiger partial charge >= 0.3 is 0 Å². The predicted octanol–water partition coefficient (Wildman–Crippen LogP) is 6.22. The van der Waals surface area contributed by atoms with E-state index in [1.54, 1.807) is 37.3 Å². The van der Waals surface area contributed by atoms with Crippen LogP contribution >= 0.6 is 34.2 Å². The molecule has 0 bridgehead atoms. The number of allylic oxidation sites excluding steroid dienone is 2. The van der Waals surface area contributed by atoms with Gasteiger partial charge in [0.25, 0.3) is 0 Å². The van der Waals surface area contributed by atoms with Gasteiger partial charge in [-0.3, -0.25) is 24.1 Å². The minimum Gasteiger partial charge on any atom is -0.508 e. The van der Waals surface area contributed by atoms with Crippen LogP contribution in [0.5, 0.6) is 5.75 Å². The molecule has 0 radical (unpaired) electrons. The highest BCUT2D eigenvalue weighted by Crippen LogP contribution is 2.63. The van der Waals surface area contributed by atoms with Crippen molar-refractivity contribution >= 4 is 69.2 Å². The van der Waals surface area contributed by atoms with Crippen molar-refractivity contribution < 1.29 is 28.7 Å². The van der Waals surface area contributed by atoms with Gasteiger partial charge in [0, 0.05) is 9.49 Å². The maximum absolute atomic E-state index is 14.4. The van der Waals surface area contributed by atoms with Crippen molar-refractivity contribution in [1.29, 1.82) is 0 Å². The molecule has 218 valence electrons. The van der Waals surface area contributed by atoms with Crippen LogP contribution in [0.15, 0.2) is 78.4 Å². The van der Waals surface area contributed by atoms with Gasteiger partial charge in [0.1, 0.15) is 11.6 Å². The number of phenols is 1. The van der Waals surface area contributed by atoms with Gasteiger partial charge in [-0.1, -0.05) is 35.4 Å². The number of halogens is 3. The lowest BCUT2D eigenvalue weighted by atomic mass is 9.51. The molecule has 4 aliphatic rings. The van der Waals surface area contributed by atoms with E-state index < -0.39 is 52.6 Å². The molecule has 2 saturated heterocycles. The Morgan fingerprint density at radius 2 is 1.63 bits per heavy atom. The summed E-state index contributed by atoms with van der Waals surface area (Å²) in [5.74, 6) is -5.45. The molecule has 43 heavy (non-hydrogen) atoms. The summed E-state index contributed by atoms with van der Waals surface area (Å²) < 4.78 is 15.0. The molecule has 7 rings (SSSR count). The van der Waals surface area contributed by atoms with E-state index in [4.69, 9.17) is 11.6 Å². The smallest absolute Gasteiger partial charge is 0.241 e. The minimum atomic E-state index is -1.28. The van der Waals surface area contributed by atoms with E-state index in [9.17, 15) is 28.7 Å². The number of imide groups is 2. The maximum atomic E-state index is 14.4. The first kappa shape index (κ1) is 28.2. The van der Waals surface area contributed by atoms with Gasteiger partial charge in [0.05, 0.1) is 39.6 Å². The quantitative estimate of drug-likeness (QED) is 0.198. The summed E-state index contributed by atoms with van der Waals surface area (Å²) in [4.78, 5) is 58.6. The lowest BCUT2D eigenvalue weighted by molar-refractivity contribution is -0.131. The molecule has 1 N–H and O–H groups in total. The van der Waals surface area contributed by atoms with E-state index in [0.29, 0.717) is 17.7 Å². The number of carbonyl (C=O) groups excluding carboxylic acids is 4. The molecule has 3 fully saturated rings. The summed E-state index contributed by atoms with van der Waals surface area (Å²) >= 11 is 8.21. The number of fused-ring (bicyclic) bond motifs is 4. The summed E-state index contributed by atoms with van der Waals surface area (Å²) in [5, 5.41) is 10.2. The molecule has 6 unspecified atom stereocenters. The van der Waals surface area contributed by atoms with Gasteiger partial charge in [0.2, 0.25) is 23.6 Å². The Bertz CT molecular complexity index is 1780. The van der Waals surface area contributed by atoms with Gasteiger partial charge in [-0.25, -0.2) is 9.29 Å². The van der Waals surface area contributed by atoms with Crippen molar-refractivity contribution in [3.05, 3.63) is 98.4 Å².